The predicted molar refractivity (Wildman–Crippen MR) is 106 cm³/mol. The van der Waals surface area contributed by atoms with E-state index in [0.29, 0.717) is 35.0 Å². The fraction of sp³-hybridized carbons (Fsp3) is 0.350. The second-order valence-electron chi connectivity index (χ2n) is 6.74. The van der Waals surface area contributed by atoms with Crippen molar-refractivity contribution in [3.8, 4) is 11.6 Å². The highest BCUT2D eigenvalue weighted by atomic mass is 32.2. The molecule has 0 saturated carbocycles. The van der Waals surface area contributed by atoms with Gasteiger partial charge in [-0.25, -0.2) is 0 Å². The highest BCUT2D eigenvalue weighted by molar-refractivity contribution is 7.99. The Balaban J connectivity index is 1.77. The number of thioether (sulfide) groups is 1. The van der Waals surface area contributed by atoms with Gasteiger partial charge in [0.15, 0.2) is 10.9 Å². The van der Waals surface area contributed by atoms with Gasteiger partial charge in [-0.05, 0) is 30.5 Å². The molecule has 0 fully saturated rings. The van der Waals surface area contributed by atoms with Crippen LogP contribution in [0.25, 0.3) is 11.6 Å². The van der Waals surface area contributed by atoms with E-state index in [9.17, 15) is 4.79 Å². The third-order valence-corrected chi connectivity index (χ3v) is 5.33. The van der Waals surface area contributed by atoms with Gasteiger partial charge in [0.2, 0.25) is 11.7 Å². The zero-order valence-electron chi connectivity index (χ0n) is 15.8. The zero-order valence-corrected chi connectivity index (χ0v) is 16.6. The third kappa shape index (κ3) is 5.01. The Bertz CT molecular complexity index is 860. The summed E-state index contributed by atoms with van der Waals surface area (Å²) in [5, 5.41) is 12.3. The fourth-order valence-corrected chi connectivity index (χ4v) is 3.23. The van der Waals surface area contributed by atoms with Gasteiger partial charge in [-0.3, -0.25) is 9.36 Å². The molecule has 0 bridgehead atoms. The molecule has 3 aromatic rings. The molecule has 2 heterocycles. The summed E-state index contributed by atoms with van der Waals surface area (Å²) in [4.78, 5) is 12.2. The average Bonchev–Trinajstić information content (AvgIpc) is 3.30. The van der Waals surface area contributed by atoms with E-state index in [1.54, 1.807) is 6.26 Å². The van der Waals surface area contributed by atoms with E-state index in [0.717, 1.165) is 5.56 Å². The normalized spacial score (nSPS) is 12.3. The standard InChI is InChI=1S/C20H24N4O2S/c1-14(2)15(3)21-18(25)13-27-20-23-22-19(17-10-7-11-26-17)24(20)12-16-8-5-4-6-9-16/h4-11,14-15H,12-13H2,1-3H3,(H,21,25). The van der Waals surface area contributed by atoms with Gasteiger partial charge in [-0.15, -0.1) is 10.2 Å². The number of aromatic nitrogens is 3. The minimum atomic E-state index is -0.00462. The minimum absolute atomic E-state index is 0.00462. The van der Waals surface area contributed by atoms with Gasteiger partial charge in [-0.1, -0.05) is 55.9 Å². The van der Waals surface area contributed by atoms with E-state index in [1.807, 2.05) is 41.8 Å². The number of amides is 1. The number of nitrogens with one attached hydrogen (secondary N) is 1. The van der Waals surface area contributed by atoms with Crippen molar-refractivity contribution in [1.82, 2.24) is 20.1 Å². The molecule has 1 aromatic carbocycles. The molecule has 0 spiro atoms. The number of rotatable bonds is 8. The number of nitrogens with zero attached hydrogens (tertiary/aromatic N) is 3. The van der Waals surface area contributed by atoms with Crippen LogP contribution in [-0.2, 0) is 11.3 Å². The first-order chi connectivity index (χ1) is 13.0. The number of benzene rings is 1. The van der Waals surface area contributed by atoms with E-state index >= 15 is 0 Å². The summed E-state index contributed by atoms with van der Waals surface area (Å²) in [6.07, 6.45) is 1.62. The molecule has 3 rings (SSSR count). The molecule has 0 aliphatic carbocycles. The lowest BCUT2D eigenvalue weighted by atomic mass is 10.1. The first kappa shape index (κ1) is 19.2. The van der Waals surface area contributed by atoms with Crippen LogP contribution < -0.4 is 5.32 Å². The van der Waals surface area contributed by atoms with Gasteiger partial charge in [0.25, 0.3) is 0 Å². The molecule has 0 saturated heterocycles. The quantitative estimate of drug-likeness (QED) is 0.598. The number of carbonyl (C=O) groups excluding carboxylic acids is 1. The molecule has 1 amide bonds. The molecule has 1 atom stereocenters. The van der Waals surface area contributed by atoms with Crippen LogP contribution >= 0.6 is 11.8 Å². The van der Waals surface area contributed by atoms with Crippen molar-refractivity contribution in [2.75, 3.05) is 5.75 Å². The van der Waals surface area contributed by atoms with Crippen molar-refractivity contribution >= 4 is 17.7 Å². The Morgan fingerprint density at radius 3 is 2.59 bits per heavy atom. The predicted octanol–water partition coefficient (Wildman–Crippen LogP) is 3.84. The van der Waals surface area contributed by atoms with E-state index in [4.69, 9.17) is 4.42 Å². The van der Waals surface area contributed by atoms with Crippen molar-refractivity contribution in [3.63, 3.8) is 0 Å². The highest BCUT2D eigenvalue weighted by Crippen LogP contribution is 2.25. The number of hydrogen-bond donors (Lipinski definition) is 1. The highest BCUT2D eigenvalue weighted by Gasteiger charge is 2.18. The van der Waals surface area contributed by atoms with Crippen LogP contribution in [-0.4, -0.2) is 32.5 Å². The summed E-state index contributed by atoms with van der Waals surface area (Å²) < 4.78 is 7.49. The third-order valence-electron chi connectivity index (χ3n) is 4.36. The summed E-state index contributed by atoms with van der Waals surface area (Å²) >= 11 is 1.38. The lowest BCUT2D eigenvalue weighted by Crippen LogP contribution is -2.37. The van der Waals surface area contributed by atoms with Gasteiger partial charge in [-0.2, -0.15) is 0 Å². The van der Waals surface area contributed by atoms with E-state index in [1.165, 1.54) is 11.8 Å². The van der Waals surface area contributed by atoms with Crippen LogP contribution in [0.4, 0.5) is 0 Å². The average molecular weight is 385 g/mol. The summed E-state index contributed by atoms with van der Waals surface area (Å²) in [7, 11) is 0. The lowest BCUT2D eigenvalue weighted by molar-refractivity contribution is -0.119. The molecule has 1 N–H and O–H groups in total. The number of carbonyl (C=O) groups is 1. The van der Waals surface area contributed by atoms with E-state index < -0.39 is 0 Å². The van der Waals surface area contributed by atoms with Crippen molar-refractivity contribution in [2.24, 2.45) is 5.92 Å². The number of hydrogen-bond acceptors (Lipinski definition) is 5. The van der Waals surface area contributed by atoms with Gasteiger partial charge in [0.1, 0.15) is 0 Å². The summed E-state index contributed by atoms with van der Waals surface area (Å²) in [5.74, 6) is 1.99. The van der Waals surface area contributed by atoms with Crippen LogP contribution in [0, 0.1) is 5.92 Å². The van der Waals surface area contributed by atoms with E-state index in [-0.39, 0.29) is 11.9 Å². The maximum Gasteiger partial charge on any atom is 0.230 e. The summed E-state index contributed by atoms with van der Waals surface area (Å²) in [6.45, 7) is 6.80. The first-order valence-corrected chi connectivity index (χ1v) is 9.96. The molecular formula is C20H24N4O2S. The van der Waals surface area contributed by atoms with Gasteiger partial charge in [0, 0.05) is 6.04 Å². The van der Waals surface area contributed by atoms with Gasteiger partial charge >= 0.3 is 0 Å². The minimum Gasteiger partial charge on any atom is -0.461 e. The summed E-state index contributed by atoms with van der Waals surface area (Å²) in [6, 6.07) is 13.9. The zero-order chi connectivity index (χ0) is 19.2. The van der Waals surface area contributed by atoms with Crippen LogP contribution in [0.3, 0.4) is 0 Å². The largest absolute Gasteiger partial charge is 0.461 e. The second-order valence-corrected chi connectivity index (χ2v) is 7.69. The first-order valence-electron chi connectivity index (χ1n) is 8.97. The molecule has 0 aliphatic rings. The molecule has 6 nitrogen and oxygen atoms in total. The Hall–Kier alpha value is -2.54. The Kier molecular flexibility index (Phi) is 6.34. The van der Waals surface area contributed by atoms with Crippen molar-refractivity contribution in [2.45, 2.75) is 38.5 Å². The molecule has 1 unspecified atom stereocenters. The topological polar surface area (TPSA) is 73.0 Å². The molecular weight excluding hydrogens is 360 g/mol. The van der Waals surface area contributed by atoms with Crippen molar-refractivity contribution in [1.29, 1.82) is 0 Å². The molecule has 7 heteroatoms. The molecule has 0 aliphatic heterocycles. The van der Waals surface area contributed by atoms with Crippen LogP contribution in [0.2, 0.25) is 0 Å². The number of furan rings is 1. The molecule has 0 radical (unpaired) electrons. The Morgan fingerprint density at radius 1 is 1.15 bits per heavy atom. The van der Waals surface area contributed by atoms with E-state index in [2.05, 4.69) is 41.5 Å². The molecule has 27 heavy (non-hydrogen) atoms. The van der Waals surface area contributed by atoms with Gasteiger partial charge in [0.05, 0.1) is 18.6 Å². The molecule has 142 valence electrons. The van der Waals surface area contributed by atoms with Gasteiger partial charge < -0.3 is 9.73 Å². The monoisotopic (exact) mass is 384 g/mol. The van der Waals surface area contributed by atoms with Crippen molar-refractivity contribution < 1.29 is 9.21 Å². The molecule has 2 aromatic heterocycles. The smallest absolute Gasteiger partial charge is 0.230 e. The summed E-state index contributed by atoms with van der Waals surface area (Å²) in [5.41, 5.74) is 1.13. The lowest BCUT2D eigenvalue weighted by Gasteiger charge is -2.17. The SMILES string of the molecule is CC(C)C(C)NC(=O)CSc1nnc(-c2ccco2)n1Cc1ccccc1. The van der Waals surface area contributed by atoms with Crippen LogP contribution in [0.1, 0.15) is 26.3 Å². The Morgan fingerprint density at radius 2 is 1.93 bits per heavy atom. The second kappa shape index (κ2) is 8.90. The van der Waals surface area contributed by atoms with Crippen molar-refractivity contribution in [3.05, 3.63) is 54.3 Å². The fourth-order valence-electron chi connectivity index (χ4n) is 2.48. The maximum absolute atomic E-state index is 12.2. The van der Waals surface area contributed by atoms with Crippen LogP contribution in [0.15, 0.2) is 58.3 Å². The van der Waals surface area contributed by atoms with Crippen LogP contribution in [0.5, 0.6) is 0 Å². The maximum atomic E-state index is 12.2. The Labute approximate surface area is 163 Å².